The number of ether oxygens (including phenoxy) is 2. The third-order valence-corrected chi connectivity index (χ3v) is 2.88. The minimum atomic E-state index is -0.390. The lowest BCUT2D eigenvalue weighted by Crippen LogP contribution is -2.14. The van der Waals surface area contributed by atoms with Crippen molar-refractivity contribution in [3.8, 4) is 11.5 Å². The lowest BCUT2D eigenvalue weighted by molar-refractivity contribution is 0.267. The maximum Gasteiger partial charge on any atom is 0.174 e. The van der Waals surface area contributed by atoms with Crippen LogP contribution in [-0.4, -0.2) is 25.9 Å². The normalized spacial score (nSPS) is 12.3. The van der Waals surface area contributed by atoms with Gasteiger partial charge in [0.25, 0.3) is 0 Å². The van der Waals surface area contributed by atoms with Gasteiger partial charge in [0.15, 0.2) is 11.5 Å². The van der Waals surface area contributed by atoms with Crippen molar-refractivity contribution in [2.45, 2.75) is 6.04 Å². The molecule has 3 N–H and O–H groups in total. The minimum Gasteiger partial charge on any atom is -0.493 e. The van der Waals surface area contributed by atoms with Crippen LogP contribution in [0.15, 0.2) is 12.1 Å². The van der Waals surface area contributed by atoms with Crippen molar-refractivity contribution in [2.24, 2.45) is 5.73 Å². The first-order valence-corrected chi connectivity index (χ1v) is 5.49. The molecule has 0 radical (unpaired) electrons. The van der Waals surface area contributed by atoms with Crippen LogP contribution in [0.5, 0.6) is 11.5 Å². The summed E-state index contributed by atoms with van der Waals surface area (Å²) in [4.78, 5) is 0. The first-order valence-electron chi connectivity index (χ1n) is 4.41. The minimum absolute atomic E-state index is 0.0917. The molecule has 1 atom stereocenters. The van der Waals surface area contributed by atoms with Crippen LogP contribution in [0.4, 0.5) is 0 Å². The molecule has 0 fully saturated rings. The monoisotopic (exact) mass is 323 g/mol. The number of hydrogen-bond acceptors (Lipinski definition) is 4. The molecule has 0 aromatic heterocycles. The zero-order chi connectivity index (χ0) is 11.4. The van der Waals surface area contributed by atoms with E-state index in [0.29, 0.717) is 11.5 Å². The summed E-state index contributed by atoms with van der Waals surface area (Å²) in [6.07, 6.45) is 0. The molecule has 0 heterocycles. The van der Waals surface area contributed by atoms with Gasteiger partial charge in [-0.1, -0.05) is 0 Å². The Labute approximate surface area is 103 Å². The van der Waals surface area contributed by atoms with Crippen LogP contribution in [0.1, 0.15) is 11.6 Å². The molecule has 0 saturated carbocycles. The molecule has 84 valence electrons. The zero-order valence-corrected chi connectivity index (χ0v) is 10.8. The number of hydrogen-bond donors (Lipinski definition) is 2. The second-order valence-electron chi connectivity index (χ2n) is 3.03. The lowest BCUT2D eigenvalue weighted by Gasteiger charge is -2.14. The van der Waals surface area contributed by atoms with Crippen LogP contribution in [0.25, 0.3) is 0 Å². The zero-order valence-electron chi connectivity index (χ0n) is 8.66. The number of benzene rings is 1. The highest BCUT2D eigenvalue weighted by Gasteiger charge is 2.13. The van der Waals surface area contributed by atoms with Gasteiger partial charge in [0, 0.05) is 0 Å². The molecule has 0 aliphatic rings. The Morgan fingerprint density at radius 2 is 2.07 bits per heavy atom. The van der Waals surface area contributed by atoms with E-state index in [1.807, 2.05) is 6.07 Å². The molecule has 0 aliphatic carbocycles. The topological polar surface area (TPSA) is 64.7 Å². The molecule has 0 bridgehead atoms. The van der Waals surface area contributed by atoms with Crippen molar-refractivity contribution < 1.29 is 14.6 Å². The van der Waals surface area contributed by atoms with E-state index in [1.54, 1.807) is 20.3 Å². The van der Waals surface area contributed by atoms with Gasteiger partial charge < -0.3 is 20.3 Å². The molecule has 5 heteroatoms. The second-order valence-corrected chi connectivity index (χ2v) is 4.19. The summed E-state index contributed by atoms with van der Waals surface area (Å²) in [5.74, 6) is 1.32. The fourth-order valence-electron chi connectivity index (χ4n) is 1.26. The number of methoxy groups -OCH3 is 2. The highest BCUT2D eigenvalue weighted by Crippen LogP contribution is 2.34. The van der Waals surface area contributed by atoms with E-state index in [-0.39, 0.29) is 6.61 Å². The summed E-state index contributed by atoms with van der Waals surface area (Å²) in [7, 11) is 3.16. The maximum atomic E-state index is 8.97. The molecule has 15 heavy (non-hydrogen) atoms. The van der Waals surface area contributed by atoms with Gasteiger partial charge >= 0.3 is 0 Å². The molecule has 1 unspecified atom stereocenters. The first-order chi connectivity index (χ1) is 7.13. The van der Waals surface area contributed by atoms with Gasteiger partial charge in [-0.25, -0.2) is 0 Å². The lowest BCUT2D eigenvalue weighted by atomic mass is 10.1. The Kier molecular flexibility index (Phi) is 4.62. The molecular formula is C10H14INO3. The molecule has 0 amide bonds. The fourth-order valence-corrected chi connectivity index (χ4v) is 2.10. The molecule has 0 aliphatic heterocycles. The maximum absolute atomic E-state index is 8.97. The predicted molar refractivity (Wildman–Crippen MR) is 66.3 cm³/mol. The fraction of sp³-hybridized carbons (Fsp3) is 0.400. The number of nitrogens with two attached hydrogens (primary N) is 1. The van der Waals surface area contributed by atoms with Crippen LogP contribution in [-0.2, 0) is 0 Å². The van der Waals surface area contributed by atoms with E-state index in [9.17, 15) is 0 Å². The van der Waals surface area contributed by atoms with Crippen LogP contribution in [0.2, 0.25) is 0 Å². The molecule has 1 rings (SSSR count). The molecule has 1 aromatic carbocycles. The summed E-state index contributed by atoms with van der Waals surface area (Å²) in [6.45, 7) is -0.0917. The number of aliphatic hydroxyl groups excluding tert-OH is 1. The van der Waals surface area contributed by atoms with Gasteiger partial charge in [0.1, 0.15) is 0 Å². The summed E-state index contributed by atoms with van der Waals surface area (Å²) in [5.41, 5.74) is 6.56. The summed E-state index contributed by atoms with van der Waals surface area (Å²) >= 11 is 2.14. The second kappa shape index (κ2) is 5.53. The van der Waals surface area contributed by atoms with E-state index < -0.39 is 6.04 Å². The Bertz CT molecular complexity index is 344. The standard InChI is InChI=1S/C10H14INO3/c1-14-9-4-6(8(12)5-13)3-7(11)10(9)15-2/h3-4,8,13H,5,12H2,1-2H3. The van der Waals surface area contributed by atoms with E-state index in [4.69, 9.17) is 20.3 Å². The van der Waals surface area contributed by atoms with Crippen molar-refractivity contribution in [1.29, 1.82) is 0 Å². The Hall–Kier alpha value is -0.530. The highest BCUT2D eigenvalue weighted by molar-refractivity contribution is 14.1. The van der Waals surface area contributed by atoms with Gasteiger partial charge in [-0.3, -0.25) is 0 Å². The first kappa shape index (κ1) is 12.5. The highest BCUT2D eigenvalue weighted by atomic mass is 127. The van der Waals surface area contributed by atoms with Crippen LogP contribution in [0, 0.1) is 3.57 Å². The van der Waals surface area contributed by atoms with Crippen LogP contribution in [0.3, 0.4) is 0 Å². The van der Waals surface area contributed by atoms with Gasteiger partial charge in [-0.15, -0.1) is 0 Å². The van der Waals surface area contributed by atoms with Crippen LogP contribution < -0.4 is 15.2 Å². The number of aliphatic hydroxyl groups is 1. The van der Waals surface area contributed by atoms with Crippen molar-refractivity contribution in [3.05, 3.63) is 21.3 Å². The summed E-state index contributed by atoms with van der Waals surface area (Å²) in [6, 6.07) is 3.27. The van der Waals surface area contributed by atoms with Crippen molar-refractivity contribution >= 4 is 22.6 Å². The average molecular weight is 323 g/mol. The van der Waals surface area contributed by atoms with Gasteiger partial charge in [-0.2, -0.15) is 0 Å². The molecule has 0 spiro atoms. The van der Waals surface area contributed by atoms with Crippen molar-refractivity contribution in [3.63, 3.8) is 0 Å². The van der Waals surface area contributed by atoms with E-state index in [0.717, 1.165) is 9.13 Å². The average Bonchev–Trinajstić information content (AvgIpc) is 2.26. The quantitative estimate of drug-likeness (QED) is 0.820. The third-order valence-electron chi connectivity index (χ3n) is 2.08. The van der Waals surface area contributed by atoms with Gasteiger partial charge in [0.2, 0.25) is 0 Å². The molecule has 1 aromatic rings. The van der Waals surface area contributed by atoms with E-state index >= 15 is 0 Å². The number of rotatable bonds is 4. The SMILES string of the molecule is COc1cc(C(N)CO)cc(I)c1OC. The predicted octanol–water partition coefficient (Wildman–Crippen LogP) is 1.30. The van der Waals surface area contributed by atoms with Gasteiger partial charge in [-0.05, 0) is 40.3 Å². The van der Waals surface area contributed by atoms with Gasteiger partial charge in [0.05, 0.1) is 30.4 Å². The molecule has 4 nitrogen and oxygen atoms in total. The van der Waals surface area contributed by atoms with E-state index in [2.05, 4.69) is 22.6 Å². The Balaban J connectivity index is 3.19. The Morgan fingerprint density at radius 1 is 1.40 bits per heavy atom. The smallest absolute Gasteiger partial charge is 0.174 e. The van der Waals surface area contributed by atoms with Crippen molar-refractivity contribution in [1.82, 2.24) is 0 Å². The number of halogens is 1. The summed E-state index contributed by atoms with van der Waals surface area (Å²) < 4.78 is 11.3. The summed E-state index contributed by atoms with van der Waals surface area (Å²) in [5, 5.41) is 8.97. The molecular weight excluding hydrogens is 309 g/mol. The third kappa shape index (κ3) is 2.73. The molecule has 0 saturated heterocycles. The van der Waals surface area contributed by atoms with Crippen LogP contribution >= 0.6 is 22.6 Å². The van der Waals surface area contributed by atoms with Crippen molar-refractivity contribution in [2.75, 3.05) is 20.8 Å². The Morgan fingerprint density at radius 3 is 2.53 bits per heavy atom. The van der Waals surface area contributed by atoms with E-state index in [1.165, 1.54) is 0 Å². The largest absolute Gasteiger partial charge is 0.493 e.